The lowest BCUT2D eigenvalue weighted by Crippen LogP contribution is -2.40. The van der Waals surface area contributed by atoms with E-state index >= 15 is 0 Å². The van der Waals surface area contributed by atoms with E-state index in [1.807, 2.05) is 20.8 Å². The Hall–Kier alpha value is -1.20. The maximum atomic E-state index is 11.9. The summed E-state index contributed by atoms with van der Waals surface area (Å²) in [4.78, 5) is 16.2. The number of rotatable bonds is 6. The van der Waals surface area contributed by atoms with Crippen LogP contribution in [-0.2, 0) is 11.3 Å². The van der Waals surface area contributed by atoms with Crippen molar-refractivity contribution in [2.75, 3.05) is 20.3 Å². The Kier molecular flexibility index (Phi) is 5.31. The highest BCUT2D eigenvalue weighted by Crippen LogP contribution is 1.97. The molecule has 1 unspecified atom stereocenters. The molecule has 1 N–H and O–H groups in total. The summed E-state index contributed by atoms with van der Waals surface area (Å²) in [5.74, 6) is 0.744. The van der Waals surface area contributed by atoms with Crippen LogP contribution >= 0.6 is 0 Å². The highest BCUT2D eigenvalue weighted by Gasteiger charge is 2.11. The van der Waals surface area contributed by atoms with Crippen LogP contribution in [0.2, 0.25) is 0 Å². The van der Waals surface area contributed by atoms with Crippen LogP contribution in [0, 0.1) is 13.8 Å². The van der Waals surface area contributed by atoms with Crippen molar-refractivity contribution in [3.05, 3.63) is 27.9 Å². The largest absolute Gasteiger partial charge is 0.383 e. The van der Waals surface area contributed by atoms with Crippen molar-refractivity contribution >= 4 is 0 Å². The number of ether oxygens (including phenoxy) is 1. The fourth-order valence-corrected chi connectivity index (χ4v) is 1.87. The van der Waals surface area contributed by atoms with Gasteiger partial charge in [-0.3, -0.25) is 9.36 Å². The number of nitrogens with zero attached hydrogens (tertiary/aromatic N) is 2. The van der Waals surface area contributed by atoms with E-state index in [1.165, 1.54) is 0 Å². The Morgan fingerprint density at radius 3 is 2.76 bits per heavy atom. The summed E-state index contributed by atoms with van der Waals surface area (Å²) in [6.45, 7) is 7.72. The van der Waals surface area contributed by atoms with Gasteiger partial charge in [0.15, 0.2) is 0 Å². The molecule has 0 saturated heterocycles. The molecule has 5 heteroatoms. The van der Waals surface area contributed by atoms with Gasteiger partial charge in [0.2, 0.25) is 0 Å². The van der Waals surface area contributed by atoms with Crippen molar-refractivity contribution in [2.45, 2.75) is 33.4 Å². The first-order chi connectivity index (χ1) is 8.08. The molecule has 1 rings (SSSR count). The third-order valence-corrected chi connectivity index (χ3v) is 2.59. The van der Waals surface area contributed by atoms with Gasteiger partial charge in [0, 0.05) is 31.5 Å². The fourth-order valence-electron chi connectivity index (χ4n) is 1.87. The predicted octanol–water partition coefficient (Wildman–Crippen LogP) is 0.485. The lowest BCUT2D eigenvalue weighted by atomic mass is 10.3. The van der Waals surface area contributed by atoms with Crippen LogP contribution in [0.1, 0.15) is 18.4 Å². The first-order valence-corrected chi connectivity index (χ1v) is 5.85. The zero-order valence-electron chi connectivity index (χ0n) is 11.0. The topological polar surface area (TPSA) is 56.1 Å². The maximum absolute atomic E-state index is 11.9. The smallest absolute Gasteiger partial charge is 0.253 e. The van der Waals surface area contributed by atoms with Crippen molar-refractivity contribution in [1.82, 2.24) is 14.9 Å². The van der Waals surface area contributed by atoms with Gasteiger partial charge in [-0.1, -0.05) is 6.92 Å². The summed E-state index contributed by atoms with van der Waals surface area (Å²) in [5.41, 5.74) is 0.754. The Balaban J connectivity index is 2.89. The third-order valence-electron chi connectivity index (χ3n) is 2.59. The molecule has 1 heterocycles. The van der Waals surface area contributed by atoms with E-state index < -0.39 is 0 Å². The highest BCUT2D eigenvalue weighted by atomic mass is 16.5. The summed E-state index contributed by atoms with van der Waals surface area (Å²) >= 11 is 0. The molecule has 0 bridgehead atoms. The van der Waals surface area contributed by atoms with Crippen LogP contribution in [-0.4, -0.2) is 35.9 Å². The molecular formula is C12H21N3O2. The molecule has 0 radical (unpaired) electrons. The van der Waals surface area contributed by atoms with Crippen LogP contribution in [0.15, 0.2) is 10.9 Å². The van der Waals surface area contributed by atoms with Gasteiger partial charge in [-0.05, 0) is 20.4 Å². The molecule has 1 aromatic rings. The molecule has 1 aromatic heterocycles. The van der Waals surface area contributed by atoms with E-state index in [4.69, 9.17) is 4.74 Å². The molecule has 5 nitrogen and oxygen atoms in total. The zero-order valence-corrected chi connectivity index (χ0v) is 11.0. The highest BCUT2D eigenvalue weighted by molar-refractivity contribution is 5.02. The minimum atomic E-state index is -0.00555. The van der Waals surface area contributed by atoms with E-state index in [1.54, 1.807) is 17.7 Å². The number of hydrogen-bond acceptors (Lipinski definition) is 4. The van der Waals surface area contributed by atoms with Gasteiger partial charge >= 0.3 is 0 Å². The molecule has 0 saturated carbocycles. The Labute approximate surface area is 102 Å². The van der Waals surface area contributed by atoms with Crippen LogP contribution in [0.4, 0.5) is 0 Å². The second-order valence-corrected chi connectivity index (χ2v) is 4.10. The molecule has 96 valence electrons. The van der Waals surface area contributed by atoms with Crippen molar-refractivity contribution in [3.8, 4) is 0 Å². The zero-order chi connectivity index (χ0) is 12.8. The quantitative estimate of drug-likeness (QED) is 0.784. The summed E-state index contributed by atoms with van der Waals surface area (Å²) in [7, 11) is 1.66. The van der Waals surface area contributed by atoms with Crippen molar-refractivity contribution in [1.29, 1.82) is 0 Å². The Morgan fingerprint density at radius 2 is 2.24 bits per heavy atom. The molecule has 0 aliphatic rings. The Bertz CT molecular complexity index is 409. The van der Waals surface area contributed by atoms with Gasteiger partial charge in [-0.25, -0.2) is 4.98 Å². The molecule has 1 atom stereocenters. The van der Waals surface area contributed by atoms with Crippen molar-refractivity contribution in [3.63, 3.8) is 0 Å². The lowest BCUT2D eigenvalue weighted by molar-refractivity contribution is 0.158. The van der Waals surface area contributed by atoms with Gasteiger partial charge < -0.3 is 10.1 Å². The van der Waals surface area contributed by atoms with Crippen molar-refractivity contribution in [2.24, 2.45) is 0 Å². The number of likely N-dealkylation sites (N-methyl/N-ethyl adjacent to an activating group) is 1. The number of aromatic nitrogens is 2. The summed E-state index contributed by atoms with van der Waals surface area (Å²) < 4.78 is 6.81. The third kappa shape index (κ3) is 3.94. The average Bonchev–Trinajstić information content (AvgIpc) is 2.23. The molecule has 0 amide bonds. The van der Waals surface area contributed by atoms with Crippen molar-refractivity contribution < 1.29 is 4.74 Å². The minimum absolute atomic E-state index is 0.00555. The molecule has 0 fully saturated rings. The van der Waals surface area contributed by atoms with E-state index in [0.29, 0.717) is 13.2 Å². The second kappa shape index (κ2) is 6.51. The fraction of sp³-hybridized carbons (Fsp3) is 0.667. The van der Waals surface area contributed by atoms with Crippen LogP contribution in [0.3, 0.4) is 0 Å². The molecule has 0 spiro atoms. The van der Waals surface area contributed by atoms with Gasteiger partial charge in [0.25, 0.3) is 5.56 Å². The monoisotopic (exact) mass is 239 g/mol. The first kappa shape index (κ1) is 13.9. The van der Waals surface area contributed by atoms with Crippen LogP contribution in [0.25, 0.3) is 0 Å². The first-order valence-electron chi connectivity index (χ1n) is 5.85. The average molecular weight is 239 g/mol. The van der Waals surface area contributed by atoms with Gasteiger partial charge in [-0.2, -0.15) is 0 Å². The molecule has 0 aliphatic carbocycles. The summed E-state index contributed by atoms with van der Waals surface area (Å²) in [6, 6.07) is 1.69. The van der Waals surface area contributed by atoms with E-state index in [-0.39, 0.29) is 11.6 Å². The number of nitrogens with one attached hydrogen (secondary N) is 1. The predicted molar refractivity (Wildman–Crippen MR) is 67.3 cm³/mol. The van der Waals surface area contributed by atoms with Gasteiger partial charge in [-0.15, -0.1) is 0 Å². The number of aryl methyl sites for hydroxylation is 2. The second-order valence-electron chi connectivity index (χ2n) is 4.10. The number of methoxy groups -OCH3 is 1. The van der Waals surface area contributed by atoms with Gasteiger partial charge in [0.05, 0.1) is 6.61 Å². The van der Waals surface area contributed by atoms with E-state index in [0.717, 1.165) is 18.1 Å². The summed E-state index contributed by atoms with van der Waals surface area (Å²) in [6.07, 6.45) is 0. The summed E-state index contributed by atoms with van der Waals surface area (Å²) in [5, 5.41) is 3.29. The Morgan fingerprint density at radius 1 is 1.53 bits per heavy atom. The van der Waals surface area contributed by atoms with Gasteiger partial charge in [0.1, 0.15) is 5.82 Å². The maximum Gasteiger partial charge on any atom is 0.253 e. The number of hydrogen-bond donors (Lipinski definition) is 1. The molecular weight excluding hydrogens is 218 g/mol. The lowest BCUT2D eigenvalue weighted by Gasteiger charge is -2.19. The molecule has 0 aromatic carbocycles. The normalized spacial score (nSPS) is 12.7. The standard InChI is InChI=1S/C12H21N3O2/c1-5-13-11(8-17-4)7-15-10(3)14-9(2)6-12(15)16/h6,11,13H,5,7-8H2,1-4H3. The minimum Gasteiger partial charge on any atom is -0.383 e. The SMILES string of the molecule is CCNC(COC)Cn1c(C)nc(C)cc1=O. The van der Waals surface area contributed by atoms with E-state index in [2.05, 4.69) is 10.3 Å². The molecule has 17 heavy (non-hydrogen) atoms. The van der Waals surface area contributed by atoms with Crippen LogP contribution < -0.4 is 10.9 Å². The van der Waals surface area contributed by atoms with Crippen LogP contribution in [0.5, 0.6) is 0 Å². The van der Waals surface area contributed by atoms with E-state index in [9.17, 15) is 4.79 Å². The molecule has 0 aliphatic heterocycles.